The average molecular weight is 271 g/mol. The van der Waals surface area contributed by atoms with Gasteiger partial charge in [-0.2, -0.15) is 0 Å². The van der Waals surface area contributed by atoms with Crippen LogP contribution in [0, 0.1) is 0 Å². The van der Waals surface area contributed by atoms with Crippen molar-refractivity contribution in [1.29, 1.82) is 0 Å². The Balaban J connectivity index is 1.96. The van der Waals surface area contributed by atoms with E-state index in [-0.39, 0.29) is 5.78 Å². The van der Waals surface area contributed by atoms with Gasteiger partial charge in [-0.05, 0) is 29.6 Å². The van der Waals surface area contributed by atoms with Crippen LogP contribution in [-0.2, 0) is 6.54 Å². The first-order chi connectivity index (χ1) is 9.29. The van der Waals surface area contributed by atoms with Gasteiger partial charge >= 0.3 is 0 Å². The highest BCUT2D eigenvalue weighted by Crippen LogP contribution is 2.26. The molecule has 0 radical (unpaired) electrons. The van der Waals surface area contributed by atoms with Crippen LogP contribution >= 0.6 is 11.3 Å². The summed E-state index contributed by atoms with van der Waals surface area (Å²) in [4.78, 5) is 12.9. The normalized spacial score (nSPS) is 10.8. The van der Waals surface area contributed by atoms with E-state index in [2.05, 4.69) is 0 Å². The summed E-state index contributed by atoms with van der Waals surface area (Å²) in [6.45, 7) is 0.358. The highest BCUT2D eigenvalue weighted by Gasteiger charge is 2.11. The van der Waals surface area contributed by atoms with Crippen LogP contribution < -0.4 is 4.74 Å². The number of methoxy groups -OCH3 is 1. The fourth-order valence-electron chi connectivity index (χ4n) is 2.18. The topological polar surface area (TPSA) is 31.2 Å². The average Bonchev–Trinajstić information content (AvgIpc) is 3.08. The van der Waals surface area contributed by atoms with Crippen molar-refractivity contribution < 1.29 is 9.53 Å². The van der Waals surface area contributed by atoms with Gasteiger partial charge in [-0.15, -0.1) is 11.3 Å². The largest absolute Gasteiger partial charge is 0.496 e. The maximum absolute atomic E-state index is 12.1. The first kappa shape index (κ1) is 12.0. The molecule has 0 saturated carbocycles. The van der Waals surface area contributed by atoms with Crippen LogP contribution in [0.25, 0.3) is 10.9 Å². The predicted octanol–water partition coefficient (Wildman–Crippen LogP) is 3.59. The molecule has 0 aliphatic rings. The van der Waals surface area contributed by atoms with Gasteiger partial charge in [0, 0.05) is 11.6 Å². The lowest BCUT2D eigenvalue weighted by molar-refractivity contribution is 0.0977. The number of aromatic nitrogens is 1. The minimum Gasteiger partial charge on any atom is -0.496 e. The SMILES string of the molecule is COc1cccc2c1ccn2CC(=O)c1cccs1. The number of ketones is 1. The van der Waals surface area contributed by atoms with Gasteiger partial charge < -0.3 is 9.30 Å². The first-order valence-electron chi connectivity index (χ1n) is 5.98. The van der Waals surface area contributed by atoms with E-state index in [1.54, 1.807) is 7.11 Å². The van der Waals surface area contributed by atoms with Crippen molar-refractivity contribution in [2.45, 2.75) is 6.54 Å². The van der Waals surface area contributed by atoms with Crippen molar-refractivity contribution in [3.05, 3.63) is 52.9 Å². The van der Waals surface area contributed by atoms with E-state index in [1.807, 2.05) is 52.5 Å². The van der Waals surface area contributed by atoms with Crippen LogP contribution in [0.1, 0.15) is 9.67 Å². The molecule has 19 heavy (non-hydrogen) atoms. The van der Waals surface area contributed by atoms with Crippen LogP contribution in [0.4, 0.5) is 0 Å². The number of ether oxygens (including phenoxy) is 1. The molecule has 0 amide bonds. The molecule has 3 rings (SSSR count). The van der Waals surface area contributed by atoms with Crippen LogP contribution in [0.3, 0.4) is 0 Å². The van der Waals surface area contributed by atoms with Gasteiger partial charge in [-0.3, -0.25) is 4.79 Å². The quantitative estimate of drug-likeness (QED) is 0.679. The molecule has 3 nitrogen and oxygen atoms in total. The number of thiophene rings is 1. The Labute approximate surface area is 115 Å². The van der Waals surface area contributed by atoms with Gasteiger partial charge in [0.05, 0.1) is 24.0 Å². The Kier molecular flexibility index (Phi) is 3.09. The molecule has 0 saturated heterocycles. The Hall–Kier alpha value is -2.07. The Bertz CT molecular complexity index is 713. The lowest BCUT2D eigenvalue weighted by atomic mass is 10.2. The minimum absolute atomic E-state index is 0.135. The molecule has 4 heteroatoms. The number of fused-ring (bicyclic) bond motifs is 1. The fourth-order valence-corrected chi connectivity index (χ4v) is 2.84. The molecule has 2 aromatic heterocycles. The molecule has 0 unspecified atom stereocenters. The molecule has 0 atom stereocenters. The van der Waals surface area contributed by atoms with Crippen LogP contribution in [0.2, 0.25) is 0 Å². The molecule has 96 valence electrons. The molecule has 1 aromatic carbocycles. The highest BCUT2D eigenvalue weighted by molar-refractivity contribution is 7.12. The van der Waals surface area contributed by atoms with Gasteiger partial charge in [-0.25, -0.2) is 0 Å². The molecule has 0 fully saturated rings. The van der Waals surface area contributed by atoms with Crippen LogP contribution in [0.5, 0.6) is 5.75 Å². The van der Waals surface area contributed by atoms with Crippen molar-refractivity contribution >= 4 is 28.0 Å². The molecule has 3 aromatic rings. The maximum Gasteiger partial charge on any atom is 0.192 e. The summed E-state index contributed by atoms with van der Waals surface area (Å²) in [7, 11) is 1.66. The third kappa shape index (κ3) is 2.15. The number of carbonyl (C=O) groups excluding carboxylic acids is 1. The predicted molar refractivity (Wildman–Crippen MR) is 77.1 cm³/mol. The smallest absolute Gasteiger partial charge is 0.192 e. The second-order valence-electron chi connectivity index (χ2n) is 4.24. The zero-order valence-corrected chi connectivity index (χ0v) is 11.3. The zero-order valence-electron chi connectivity index (χ0n) is 10.5. The standard InChI is InChI=1S/C15H13NO2S/c1-18-14-5-2-4-12-11(14)7-8-16(12)10-13(17)15-6-3-9-19-15/h2-9H,10H2,1H3. The molecule has 0 bridgehead atoms. The van der Waals surface area contributed by atoms with Crippen LogP contribution in [-0.4, -0.2) is 17.5 Å². The number of Topliss-reactive ketones (excluding diaryl/α,β-unsaturated/α-hetero) is 1. The second-order valence-corrected chi connectivity index (χ2v) is 5.18. The lowest BCUT2D eigenvalue weighted by Crippen LogP contribution is -2.07. The Morgan fingerprint density at radius 3 is 2.89 bits per heavy atom. The maximum atomic E-state index is 12.1. The van der Waals surface area contributed by atoms with Crippen LogP contribution in [0.15, 0.2) is 48.0 Å². The molecule has 2 heterocycles. The molecule has 0 aliphatic carbocycles. The third-order valence-corrected chi connectivity index (χ3v) is 4.01. The van der Waals surface area contributed by atoms with E-state index in [4.69, 9.17) is 4.74 Å². The van der Waals surface area contributed by atoms with Gasteiger partial charge in [0.1, 0.15) is 5.75 Å². The van der Waals surface area contributed by atoms with E-state index < -0.39 is 0 Å². The number of carbonyl (C=O) groups is 1. The zero-order chi connectivity index (χ0) is 13.2. The van der Waals surface area contributed by atoms with Gasteiger partial charge in [0.2, 0.25) is 0 Å². The Morgan fingerprint density at radius 1 is 1.26 bits per heavy atom. The first-order valence-corrected chi connectivity index (χ1v) is 6.86. The summed E-state index contributed by atoms with van der Waals surface area (Å²) in [5, 5.41) is 2.95. The van der Waals surface area contributed by atoms with E-state index in [0.717, 1.165) is 21.5 Å². The van der Waals surface area contributed by atoms with Crippen molar-refractivity contribution in [1.82, 2.24) is 4.57 Å². The second kappa shape index (κ2) is 4.90. The van der Waals surface area contributed by atoms with Crippen molar-refractivity contribution in [2.24, 2.45) is 0 Å². The van der Waals surface area contributed by atoms with Crippen molar-refractivity contribution in [2.75, 3.05) is 7.11 Å². The molecular formula is C15H13NO2S. The minimum atomic E-state index is 0.135. The van der Waals surface area contributed by atoms with Crippen molar-refractivity contribution in [3.63, 3.8) is 0 Å². The summed E-state index contributed by atoms with van der Waals surface area (Å²) >= 11 is 1.48. The van der Waals surface area contributed by atoms with E-state index >= 15 is 0 Å². The fraction of sp³-hybridized carbons (Fsp3) is 0.133. The summed E-state index contributed by atoms with van der Waals surface area (Å²) in [5.41, 5.74) is 1.02. The van der Waals surface area contributed by atoms with Gasteiger partial charge in [0.25, 0.3) is 0 Å². The molecular weight excluding hydrogens is 258 g/mol. The van der Waals surface area contributed by atoms with E-state index in [9.17, 15) is 4.79 Å². The van der Waals surface area contributed by atoms with Gasteiger partial charge in [0.15, 0.2) is 5.78 Å². The number of rotatable bonds is 4. The number of hydrogen-bond donors (Lipinski definition) is 0. The number of nitrogens with zero attached hydrogens (tertiary/aromatic N) is 1. The summed E-state index contributed by atoms with van der Waals surface area (Å²) in [5.74, 6) is 0.968. The van der Waals surface area contributed by atoms with E-state index in [1.165, 1.54) is 11.3 Å². The van der Waals surface area contributed by atoms with Gasteiger partial charge in [-0.1, -0.05) is 12.1 Å². The summed E-state index contributed by atoms with van der Waals surface area (Å²) < 4.78 is 7.28. The summed E-state index contributed by atoms with van der Waals surface area (Å²) in [6.07, 6.45) is 1.93. The Morgan fingerprint density at radius 2 is 2.16 bits per heavy atom. The number of benzene rings is 1. The summed E-state index contributed by atoms with van der Waals surface area (Å²) in [6, 6.07) is 11.6. The number of hydrogen-bond acceptors (Lipinski definition) is 3. The highest BCUT2D eigenvalue weighted by atomic mass is 32.1. The molecule has 0 aliphatic heterocycles. The molecule has 0 N–H and O–H groups in total. The lowest BCUT2D eigenvalue weighted by Gasteiger charge is -2.05. The third-order valence-electron chi connectivity index (χ3n) is 3.10. The molecule has 0 spiro atoms. The van der Waals surface area contributed by atoms with Crippen molar-refractivity contribution in [3.8, 4) is 5.75 Å². The van der Waals surface area contributed by atoms with E-state index in [0.29, 0.717) is 6.54 Å². The monoisotopic (exact) mass is 271 g/mol.